The number of rotatable bonds is 9. The van der Waals surface area contributed by atoms with E-state index < -0.39 is 16.1 Å². The van der Waals surface area contributed by atoms with Crippen molar-refractivity contribution in [1.29, 1.82) is 0 Å². The van der Waals surface area contributed by atoms with Gasteiger partial charge in [0.05, 0.1) is 23.9 Å². The number of furan rings is 1. The van der Waals surface area contributed by atoms with Gasteiger partial charge in [-0.05, 0) is 31.2 Å². The molecule has 0 amide bonds. The number of ketones is 1. The van der Waals surface area contributed by atoms with Crippen LogP contribution >= 0.6 is 0 Å². The van der Waals surface area contributed by atoms with E-state index in [1.54, 1.807) is 18.4 Å². The molecular formula is C20H26N2O6S. The standard InChI is InChI=1S/C20H26N2O6S/c1-16(23)17-4-6-20(7-5-17)29(25,26)22-10-8-21(9-11-22)13-18(24)14-27-15-19-3-2-12-28-19/h2-7,12,18,24H,8-11,13-15H2,1H3. The summed E-state index contributed by atoms with van der Waals surface area (Å²) < 4.78 is 37.6. The first-order valence-corrected chi connectivity index (χ1v) is 10.9. The molecule has 0 radical (unpaired) electrons. The van der Waals surface area contributed by atoms with Crippen LogP contribution in [0, 0.1) is 0 Å². The molecule has 0 spiro atoms. The summed E-state index contributed by atoms with van der Waals surface area (Å²) in [4.78, 5) is 13.6. The summed E-state index contributed by atoms with van der Waals surface area (Å²) >= 11 is 0. The zero-order valence-corrected chi connectivity index (χ0v) is 17.2. The van der Waals surface area contributed by atoms with E-state index in [9.17, 15) is 18.3 Å². The highest BCUT2D eigenvalue weighted by atomic mass is 32.2. The number of ether oxygens (including phenoxy) is 1. The third-order valence-electron chi connectivity index (χ3n) is 4.83. The molecule has 1 saturated heterocycles. The number of hydrogen-bond acceptors (Lipinski definition) is 7. The highest BCUT2D eigenvalue weighted by Crippen LogP contribution is 2.18. The largest absolute Gasteiger partial charge is 0.467 e. The Morgan fingerprint density at radius 1 is 1.17 bits per heavy atom. The molecule has 3 rings (SSSR count). The number of aliphatic hydroxyl groups excluding tert-OH is 1. The minimum absolute atomic E-state index is 0.103. The molecule has 2 heterocycles. The Labute approximate surface area is 170 Å². The lowest BCUT2D eigenvalue weighted by atomic mass is 10.2. The number of hydrogen-bond donors (Lipinski definition) is 1. The molecule has 0 aliphatic carbocycles. The van der Waals surface area contributed by atoms with E-state index >= 15 is 0 Å². The summed E-state index contributed by atoms with van der Waals surface area (Å²) in [5.74, 6) is 0.599. The Kier molecular flexibility index (Phi) is 7.20. The lowest BCUT2D eigenvalue weighted by molar-refractivity contribution is 0.00100. The van der Waals surface area contributed by atoms with Crippen molar-refractivity contribution in [2.75, 3.05) is 39.3 Å². The number of aliphatic hydroxyl groups is 1. The van der Waals surface area contributed by atoms with Gasteiger partial charge in [0.2, 0.25) is 10.0 Å². The summed E-state index contributed by atoms with van der Waals surface area (Å²) in [6, 6.07) is 9.59. The Bertz CT molecular complexity index is 888. The van der Waals surface area contributed by atoms with Crippen LogP contribution in [-0.2, 0) is 21.4 Å². The Morgan fingerprint density at radius 2 is 1.86 bits per heavy atom. The van der Waals surface area contributed by atoms with Crippen molar-refractivity contribution in [3.63, 3.8) is 0 Å². The van der Waals surface area contributed by atoms with E-state index in [0.29, 0.717) is 50.7 Å². The molecule has 0 bridgehead atoms. The van der Waals surface area contributed by atoms with Crippen molar-refractivity contribution in [3.8, 4) is 0 Å². The summed E-state index contributed by atoms with van der Waals surface area (Å²) in [5.41, 5.74) is 0.483. The van der Waals surface area contributed by atoms with Gasteiger partial charge >= 0.3 is 0 Å². The fraction of sp³-hybridized carbons (Fsp3) is 0.450. The number of carbonyl (C=O) groups excluding carboxylic acids is 1. The van der Waals surface area contributed by atoms with E-state index in [4.69, 9.17) is 9.15 Å². The second kappa shape index (κ2) is 9.64. The fourth-order valence-corrected chi connectivity index (χ4v) is 4.63. The van der Waals surface area contributed by atoms with Crippen molar-refractivity contribution >= 4 is 15.8 Å². The molecule has 1 aromatic carbocycles. The van der Waals surface area contributed by atoms with Crippen molar-refractivity contribution in [2.45, 2.75) is 24.5 Å². The van der Waals surface area contributed by atoms with Crippen LogP contribution in [0.1, 0.15) is 23.0 Å². The first-order valence-electron chi connectivity index (χ1n) is 9.48. The lowest BCUT2D eigenvalue weighted by Gasteiger charge is -2.34. The topological polar surface area (TPSA) is 100 Å². The monoisotopic (exact) mass is 422 g/mol. The normalized spacial score (nSPS) is 17.3. The molecule has 1 aromatic heterocycles. The molecule has 0 saturated carbocycles. The molecule has 9 heteroatoms. The Balaban J connectivity index is 1.45. The van der Waals surface area contributed by atoms with Crippen LogP contribution in [0.15, 0.2) is 52.0 Å². The minimum Gasteiger partial charge on any atom is -0.467 e. The van der Waals surface area contributed by atoms with Crippen LogP contribution < -0.4 is 0 Å². The third kappa shape index (κ3) is 5.74. The van der Waals surface area contributed by atoms with Crippen molar-refractivity contribution in [3.05, 3.63) is 54.0 Å². The van der Waals surface area contributed by atoms with E-state index in [-0.39, 0.29) is 17.3 Å². The summed E-state index contributed by atoms with van der Waals surface area (Å²) in [7, 11) is -3.60. The molecule has 29 heavy (non-hydrogen) atoms. The van der Waals surface area contributed by atoms with E-state index in [1.165, 1.54) is 35.5 Å². The van der Waals surface area contributed by atoms with Crippen LogP contribution in [-0.4, -0.2) is 73.9 Å². The van der Waals surface area contributed by atoms with Gasteiger partial charge in [0, 0.05) is 38.3 Å². The molecule has 1 unspecified atom stereocenters. The predicted octanol–water partition coefficient (Wildman–Crippen LogP) is 1.37. The summed E-state index contributed by atoms with van der Waals surface area (Å²) in [5, 5.41) is 10.1. The van der Waals surface area contributed by atoms with Gasteiger partial charge in [-0.25, -0.2) is 8.42 Å². The average molecular weight is 423 g/mol. The zero-order valence-electron chi connectivity index (χ0n) is 16.4. The molecule has 1 aliphatic rings. The number of Topliss-reactive ketones (excluding diaryl/α,β-unsaturated/α-hetero) is 1. The first kappa shape index (κ1) is 21.7. The number of benzene rings is 1. The van der Waals surface area contributed by atoms with Gasteiger partial charge in [0.1, 0.15) is 12.4 Å². The van der Waals surface area contributed by atoms with Crippen LogP contribution in [0.2, 0.25) is 0 Å². The third-order valence-corrected chi connectivity index (χ3v) is 6.75. The number of carbonyl (C=O) groups is 1. The van der Waals surface area contributed by atoms with Gasteiger partial charge in [-0.1, -0.05) is 12.1 Å². The quantitative estimate of drug-likeness (QED) is 0.609. The maximum atomic E-state index is 12.8. The van der Waals surface area contributed by atoms with Crippen LogP contribution in [0.5, 0.6) is 0 Å². The van der Waals surface area contributed by atoms with Crippen LogP contribution in [0.25, 0.3) is 0 Å². The van der Waals surface area contributed by atoms with Crippen molar-refractivity contribution in [1.82, 2.24) is 9.21 Å². The second-order valence-electron chi connectivity index (χ2n) is 7.03. The molecular weight excluding hydrogens is 396 g/mol. The van der Waals surface area contributed by atoms with Gasteiger partial charge in [0.15, 0.2) is 5.78 Å². The molecule has 158 valence electrons. The molecule has 1 fully saturated rings. The van der Waals surface area contributed by atoms with E-state index in [0.717, 1.165) is 0 Å². The predicted molar refractivity (Wildman–Crippen MR) is 106 cm³/mol. The Morgan fingerprint density at radius 3 is 2.45 bits per heavy atom. The number of nitrogens with zero attached hydrogens (tertiary/aromatic N) is 2. The van der Waals surface area contributed by atoms with Gasteiger partial charge in [0.25, 0.3) is 0 Å². The molecule has 1 aliphatic heterocycles. The smallest absolute Gasteiger partial charge is 0.243 e. The summed E-state index contributed by atoms with van der Waals surface area (Å²) in [6.45, 7) is 4.09. The van der Waals surface area contributed by atoms with Crippen LogP contribution in [0.4, 0.5) is 0 Å². The number of β-amino-alcohol motifs (C(OH)–C–C–N with tert-alkyl or cyclic N) is 1. The highest BCUT2D eigenvalue weighted by molar-refractivity contribution is 7.89. The summed E-state index contributed by atoms with van der Waals surface area (Å²) in [6.07, 6.45) is 0.910. The lowest BCUT2D eigenvalue weighted by Crippen LogP contribution is -2.50. The van der Waals surface area contributed by atoms with E-state index in [1.807, 2.05) is 4.90 Å². The maximum Gasteiger partial charge on any atom is 0.243 e. The van der Waals surface area contributed by atoms with Crippen molar-refractivity contribution < 1.29 is 27.5 Å². The van der Waals surface area contributed by atoms with Crippen molar-refractivity contribution in [2.24, 2.45) is 0 Å². The molecule has 8 nitrogen and oxygen atoms in total. The minimum atomic E-state index is -3.60. The highest BCUT2D eigenvalue weighted by Gasteiger charge is 2.29. The molecule has 2 aromatic rings. The number of piperazine rings is 1. The van der Waals surface area contributed by atoms with Gasteiger partial charge in [-0.3, -0.25) is 9.69 Å². The zero-order chi connectivity index (χ0) is 20.9. The average Bonchev–Trinajstić information content (AvgIpc) is 3.22. The van der Waals surface area contributed by atoms with Gasteiger partial charge in [-0.15, -0.1) is 0 Å². The molecule has 1 atom stereocenters. The van der Waals surface area contributed by atoms with E-state index in [2.05, 4.69) is 0 Å². The number of sulfonamides is 1. The fourth-order valence-electron chi connectivity index (χ4n) is 3.20. The molecule has 1 N–H and O–H groups in total. The first-order chi connectivity index (χ1) is 13.9. The Hall–Kier alpha value is -2.04. The SMILES string of the molecule is CC(=O)c1ccc(S(=O)(=O)N2CCN(CC(O)COCc3ccco3)CC2)cc1. The second-order valence-corrected chi connectivity index (χ2v) is 8.97. The van der Waals surface area contributed by atoms with Crippen LogP contribution in [0.3, 0.4) is 0 Å². The van der Waals surface area contributed by atoms with Gasteiger partial charge < -0.3 is 14.3 Å². The maximum absolute atomic E-state index is 12.8. The van der Waals surface area contributed by atoms with Gasteiger partial charge in [-0.2, -0.15) is 4.31 Å².